The summed E-state index contributed by atoms with van der Waals surface area (Å²) in [6, 6.07) is 12.6. The lowest BCUT2D eigenvalue weighted by Crippen LogP contribution is -2.34. The molecule has 0 atom stereocenters. The van der Waals surface area contributed by atoms with Crippen LogP contribution in [-0.4, -0.2) is 17.7 Å². The van der Waals surface area contributed by atoms with Crippen LogP contribution in [-0.2, 0) is 4.74 Å². The minimum absolute atomic E-state index is 0.462. The van der Waals surface area contributed by atoms with Crippen molar-refractivity contribution in [2.75, 3.05) is 7.11 Å². The van der Waals surface area contributed by atoms with Crippen molar-refractivity contribution in [1.82, 2.24) is 4.98 Å². The third kappa shape index (κ3) is 2.85. The zero-order chi connectivity index (χ0) is 14.7. The molecule has 21 heavy (non-hydrogen) atoms. The highest BCUT2D eigenvalue weighted by Crippen LogP contribution is 2.41. The largest absolute Gasteiger partial charge is 0.363 e. The highest BCUT2D eigenvalue weighted by molar-refractivity contribution is 7.10. The van der Waals surface area contributed by atoms with Crippen LogP contribution in [0.15, 0.2) is 35.7 Å². The molecule has 4 heteroatoms. The standard InChI is InChI=1S/C17H18N2OS/c1-20-17(12-18)9-7-14(8-10-17)16-19-15(11-21-16)13-5-3-2-4-6-13/h2-6,11,14H,7-10H2,1H3. The van der Waals surface area contributed by atoms with E-state index in [1.54, 1.807) is 18.4 Å². The van der Waals surface area contributed by atoms with Gasteiger partial charge in [-0.1, -0.05) is 30.3 Å². The Morgan fingerprint density at radius 2 is 2.00 bits per heavy atom. The number of methoxy groups -OCH3 is 1. The van der Waals surface area contributed by atoms with Gasteiger partial charge in [-0.25, -0.2) is 4.98 Å². The number of thiazole rings is 1. The molecule has 0 spiro atoms. The van der Waals surface area contributed by atoms with E-state index in [0.29, 0.717) is 5.92 Å². The van der Waals surface area contributed by atoms with Crippen molar-refractivity contribution in [3.63, 3.8) is 0 Å². The molecular formula is C17H18N2OS. The highest BCUT2D eigenvalue weighted by atomic mass is 32.1. The quantitative estimate of drug-likeness (QED) is 0.845. The SMILES string of the molecule is COC1(C#N)CCC(c2nc(-c3ccccc3)cs2)CC1. The molecule has 0 aliphatic heterocycles. The molecular weight excluding hydrogens is 280 g/mol. The summed E-state index contributed by atoms with van der Waals surface area (Å²) in [5.74, 6) is 0.462. The molecule has 108 valence electrons. The van der Waals surface area contributed by atoms with Crippen LogP contribution in [0.2, 0.25) is 0 Å². The first-order valence-corrected chi connectivity index (χ1v) is 8.11. The summed E-state index contributed by atoms with van der Waals surface area (Å²) in [6.07, 6.45) is 3.54. The fraction of sp³-hybridized carbons (Fsp3) is 0.412. The average Bonchev–Trinajstić information content (AvgIpc) is 3.06. The van der Waals surface area contributed by atoms with Crippen LogP contribution in [0.3, 0.4) is 0 Å². The molecule has 1 fully saturated rings. The fourth-order valence-corrected chi connectivity index (χ4v) is 3.91. The van der Waals surface area contributed by atoms with E-state index in [9.17, 15) is 5.26 Å². The minimum atomic E-state index is -0.573. The smallest absolute Gasteiger partial charge is 0.153 e. The molecule has 3 nitrogen and oxygen atoms in total. The van der Waals surface area contributed by atoms with E-state index in [1.807, 2.05) is 18.2 Å². The van der Waals surface area contributed by atoms with E-state index < -0.39 is 5.60 Å². The maximum Gasteiger partial charge on any atom is 0.153 e. The molecule has 0 unspecified atom stereocenters. The molecule has 0 amide bonds. The summed E-state index contributed by atoms with van der Waals surface area (Å²) in [5.41, 5.74) is 1.65. The maximum atomic E-state index is 9.26. The van der Waals surface area contributed by atoms with Gasteiger partial charge in [0.25, 0.3) is 0 Å². The first-order chi connectivity index (χ1) is 10.3. The molecule has 1 saturated carbocycles. The van der Waals surface area contributed by atoms with Crippen molar-refractivity contribution in [1.29, 1.82) is 5.26 Å². The molecule has 2 aromatic rings. The Morgan fingerprint density at radius 1 is 1.29 bits per heavy atom. The Labute approximate surface area is 129 Å². The summed E-state index contributed by atoms with van der Waals surface area (Å²) < 4.78 is 5.41. The Kier molecular flexibility index (Phi) is 4.05. The molecule has 3 rings (SSSR count). The third-order valence-electron chi connectivity index (χ3n) is 4.33. The first kappa shape index (κ1) is 14.2. The van der Waals surface area contributed by atoms with Gasteiger partial charge in [-0.2, -0.15) is 5.26 Å². The number of rotatable bonds is 3. The van der Waals surface area contributed by atoms with E-state index in [-0.39, 0.29) is 0 Å². The lowest BCUT2D eigenvalue weighted by molar-refractivity contribution is 0.00434. The Bertz CT molecular complexity index is 636. The first-order valence-electron chi connectivity index (χ1n) is 7.23. The second-order valence-corrected chi connectivity index (χ2v) is 6.41. The van der Waals surface area contributed by atoms with Gasteiger partial charge in [-0.05, 0) is 25.7 Å². The summed E-state index contributed by atoms with van der Waals surface area (Å²) in [6.45, 7) is 0. The maximum absolute atomic E-state index is 9.26. The van der Waals surface area contributed by atoms with E-state index in [2.05, 4.69) is 23.6 Å². The van der Waals surface area contributed by atoms with Crippen LogP contribution < -0.4 is 0 Å². The molecule has 0 saturated heterocycles. The number of aromatic nitrogens is 1. The molecule has 1 aromatic carbocycles. The molecule has 1 aromatic heterocycles. The van der Waals surface area contributed by atoms with Crippen molar-refractivity contribution in [2.24, 2.45) is 0 Å². The van der Waals surface area contributed by atoms with Gasteiger partial charge in [-0.15, -0.1) is 11.3 Å². The predicted octanol–water partition coefficient (Wildman–Crippen LogP) is 4.38. The van der Waals surface area contributed by atoms with Gasteiger partial charge >= 0.3 is 0 Å². The minimum Gasteiger partial charge on any atom is -0.363 e. The van der Waals surface area contributed by atoms with Gasteiger partial charge in [0.1, 0.15) is 0 Å². The Morgan fingerprint density at radius 3 is 2.62 bits per heavy atom. The summed E-state index contributed by atoms with van der Waals surface area (Å²) in [7, 11) is 1.64. The van der Waals surface area contributed by atoms with Gasteiger partial charge in [-0.3, -0.25) is 0 Å². The van der Waals surface area contributed by atoms with E-state index in [1.165, 1.54) is 10.6 Å². The van der Waals surface area contributed by atoms with Gasteiger partial charge in [0.05, 0.1) is 16.8 Å². The predicted molar refractivity (Wildman–Crippen MR) is 84.1 cm³/mol. The lowest BCUT2D eigenvalue weighted by Gasteiger charge is -2.32. The zero-order valence-electron chi connectivity index (χ0n) is 12.1. The molecule has 0 N–H and O–H groups in total. The number of hydrogen-bond donors (Lipinski definition) is 0. The summed E-state index contributed by atoms with van der Waals surface area (Å²) in [4.78, 5) is 4.80. The highest BCUT2D eigenvalue weighted by Gasteiger charge is 2.36. The fourth-order valence-electron chi connectivity index (χ4n) is 2.91. The van der Waals surface area contributed by atoms with E-state index in [4.69, 9.17) is 9.72 Å². The van der Waals surface area contributed by atoms with Crippen molar-refractivity contribution in [3.8, 4) is 17.3 Å². The Hall–Kier alpha value is -1.70. The molecule has 1 heterocycles. The number of benzene rings is 1. The van der Waals surface area contributed by atoms with Crippen LogP contribution >= 0.6 is 11.3 Å². The van der Waals surface area contributed by atoms with Crippen LogP contribution in [0.25, 0.3) is 11.3 Å². The second kappa shape index (κ2) is 5.97. The van der Waals surface area contributed by atoms with Gasteiger partial charge < -0.3 is 4.74 Å². The number of ether oxygens (including phenoxy) is 1. The van der Waals surface area contributed by atoms with Gasteiger partial charge in [0.15, 0.2) is 5.60 Å². The van der Waals surface area contributed by atoms with Crippen LogP contribution in [0.4, 0.5) is 0 Å². The zero-order valence-corrected chi connectivity index (χ0v) is 12.9. The van der Waals surface area contributed by atoms with Crippen molar-refractivity contribution in [2.45, 2.75) is 37.2 Å². The van der Waals surface area contributed by atoms with Crippen molar-refractivity contribution >= 4 is 11.3 Å². The van der Waals surface area contributed by atoms with Crippen molar-refractivity contribution < 1.29 is 4.74 Å². The van der Waals surface area contributed by atoms with Crippen LogP contribution in [0, 0.1) is 11.3 Å². The number of nitriles is 1. The lowest BCUT2D eigenvalue weighted by atomic mass is 9.79. The monoisotopic (exact) mass is 298 g/mol. The van der Waals surface area contributed by atoms with E-state index in [0.717, 1.165) is 31.4 Å². The number of hydrogen-bond acceptors (Lipinski definition) is 4. The van der Waals surface area contributed by atoms with E-state index >= 15 is 0 Å². The van der Waals surface area contributed by atoms with Gasteiger partial charge in [0.2, 0.25) is 0 Å². The molecule has 1 aliphatic carbocycles. The Balaban J connectivity index is 1.73. The van der Waals surface area contributed by atoms with Crippen molar-refractivity contribution in [3.05, 3.63) is 40.7 Å². The third-order valence-corrected chi connectivity index (χ3v) is 5.34. The topological polar surface area (TPSA) is 45.9 Å². The summed E-state index contributed by atoms with van der Waals surface area (Å²) in [5, 5.41) is 12.6. The normalized spacial score (nSPS) is 25.4. The van der Waals surface area contributed by atoms with Gasteiger partial charge in [0, 0.05) is 24.0 Å². The van der Waals surface area contributed by atoms with Crippen LogP contribution in [0.1, 0.15) is 36.6 Å². The number of nitrogens with zero attached hydrogens (tertiary/aromatic N) is 2. The molecule has 0 bridgehead atoms. The average molecular weight is 298 g/mol. The molecule has 1 aliphatic rings. The second-order valence-electron chi connectivity index (χ2n) is 5.52. The van der Waals surface area contributed by atoms with Crippen LogP contribution in [0.5, 0.6) is 0 Å². The molecule has 0 radical (unpaired) electrons. The summed E-state index contributed by atoms with van der Waals surface area (Å²) >= 11 is 1.73.